The Balaban J connectivity index is 1.71. The van der Waals surface area contributed by atoms with E-state index in [1.54, 1.807) is 31.6 Å². The van der Waals surface area contributed by atoms with E-state index in [1.807, 2.05) is 11.0 Å². The van der Waals surface area contributed by atoms with Crippen molar-refractivity contribution in [1.82, 2.24) is 20.1 Å². The molecule has 3 heterocycles. The van der Waals surface area contributed by atoms with Gasteiger partial charge in [-0.25, -0.2) is 4.98 Å². The third-order valence-electron chi connectivity index (χ3n) is 4.20. The second-order valence-corrected chi connectivity index (χ2v) is 5.80. The van der Waals surface area contributed by atoms with Crippen molar-refractivity contribution < 1.29 is 14.3 Å². The highest BCUT2D eigenvalue weighted by Gasteiger charge is 2.28. The summed E-state index contributed by atoms with van der Waals surface area (Å²) in [6, 6.07) is 5.49. The molecule has 1 fully saturated rings. The Morgan fingerprint density at radius 2 is 2.29 bits per heavy atom. The lowest BCUT2D eigenvalue weighted by atomic mass is 9.94. The zero-order valence-electron chi connectivity index (χ0n) is 13.8. The van der Waals surface area contributed by atoms with Crippen LogP contribution in [0, 0.1) is 0 Å². The van der Waals surface area contributed by atoms with Crippen molar-refractivity contribution in [3.8, 4) is 5.88 Å². The van der Waals surface area contributed by atoms with Crippen molar-refractivity contribution in [1.29, 1.82) is 0 Å². The number of likely N-dealkylation sites (tertiary alicyclic amines) is 1. The molecule has 7 heteroatoms. The Hall–Kier alpha value is -2.41. The number of nitrogens with zero attached hydrogens (tertiary/aromatic N) is 3. The fourth-order valence-corrected chi connectivity index (χ4v) is 2.97. The molecular formula is C17H22N4O3. The van der Waals surface area contributed by atoms with Crippen LogP contribution < -0.4 is 4.74 Å². The Labute approximate surface area is 141 Å². The van der Waals surface area contributed by atoms with E-state index >= 15 is 0 Å². The molecule has 0 aromatic carbocycles. The number of hydrogen-bond acceptors (Lipinski definition) is 5. The van der Waals surface area contributed by atoms with E-state index in [1.165, 1.54) is 0 Å². The van der Waals surface area contributed by atoms with Gasteiger partial charge >= 0.3 is 0 Å². The summed E-state index contributed by atoms with van der Waals surface area (Å²) in [6.45, 7) is 2.24. The van der Waals surface area contributed by atoms with Gasteiger partial charge < -0.3 is 14.4 Å². The Bertz CT molecular complexity index is 660. The summed E-state index contributed by atoms with van der Waals surface area (Å²) in [6.07, 6.45) is 5.40. The van der Waals surface area contributed by atoms with Crippen molar-refractivity contribution >= 4 is 5.91 Å². The first-order valence-electron chi connectivity index (χ1n) is 8.15. The van der Waals surface area contributed by atoms with Crippen LogP contribution in [0.15, 0.2) is 30.6 Å². The van der Waals surface area contributed by atoms with Gasteiger partial charge in [-0.15, -0.1) is 0 Å². The number of aromatic amines is 1. The molecule has 1 amide bonds. The standard InChI is InChI=1S/C17H22N4O3/c1-23-10-11-24-16-14(5-2-7-18-16)17(22)21-9-3-4-13(12-21)15-6-8-19-20-15/h2,5-8,13H,3-4,9-12H2,1H3,(H,19,20)/t13-/m0/s1. The molecule has 0 spiro atoms. The van der Waals surface area contributed by atoms with Crippen molar-refractivity contribution in [2.24, 2.45) is 0 Å². The maximum absolute atomic E-state index is 12.9. The average Bonchev–Trinajstić information content (AvgIpc) is 3.17. The molecule has 128 valence electrons. The molecule has 1 aliphatic heterocycles. The molecule has 1 aliphatic rings. The van der Waals surface area contributed by atoms with Gasteiger partial charge in [0.25, 0.3) is 5.91 Å². The molecular weight excluding hydrogens is 308 g/mol. The van der Waals surface area contributed by atoms with E-state index < -0.39 is 0 Å². The van der Waals surface area contributed by atoms with Crippen LogP contribution in [-0.2, 0) is 4.74 Å². The summed E-state index contributed by atoms with van der Waals surface area (Å²) in [7, 11) is 1.61. The first-order chi connectivity index (χ1) is 11.8. The second kappa shape index (κ2) is 7.92. The van der Waals surface area contributed by atoms with E-state index in [2.05, 4.69) is 15.2 Å². The maximum atomic E-state index is 12.9. The quantitative estimate of drug-likeness (QED) is 0.818. The van der Waals surface area contributed by atoms with Gasteiger partial charge in [-0.3, -0.25) is 9.89 Å². The summed E-state index contributed by atoms with van der Waals surface area (Å²) in [5.41, 5.74) is 1.58. The number of carbonyl (C=O) groups excluding carboxylic acids is 1. The molecule has 0 bridgehead atoms. The number of pyridine rings is 1. The van der Waals surface area contributed by atoms with Crippen LogP contribution in [0.5, 0.6) is 5.88 Å². The molecule has 0 radical (unpaired) electrons. The lowest BCUT2D eigenvalue weighted by molar-refractivity contribution is 0.0697. The Kier molecular flexibility index (Phi) is 5.43. The summed E-state index contributed by atoms with van der Waals surface area (Å²) in [4.78, 5) is 19.0. The number of H-pyrrole nitrogens is 1. The van der Waals surface area contributed by atoms with Gasteiger partial charge in [0.15, 0.2) is 0 Å². The van der Waals surface area contributed by atoms with Crippen LogP contribution in [0.1, 0.15) is 34.8 Å². The number of rotatable bonds is 6. The Morgan fingerprint density at radius 1 is 1.38 bits per heavy atom. The average molecular weight is 330 g/mol. The van der Waals surface area contributed by atoms with Gasteiger partial charge in [0.05, 0.1) is 6.61 Å². The third-order valence-corrected chi connectivity index (χ3v) is 4.20. The number of ether oxygens (including phenoxy) is 2. The van der Waals surface area contributed by atoms with Crippen LogP contribution in [-0.4, -0.2) is 59.4 Å². The number of aromatic nitrogens is 3. The lowest BCUT2D eigenvalue weighted by Gasteiger charge is -2.32. The highest BCUT2D eigenvalue weighted by molar-refractivity contribution is 5.96. The number of carbonyl (C=O) groups is 1. The SMILES string of the molecule is COCCOc1ncccc1C(=O)N1CCC[C@H](c2ccn[nH]2)C1. The number of amides is 1. The van der Waals surface area contributed by atoms with Crippen LogP contribution in [0.3, 0.4) is 0 Å². The van der Waals surface area contributed by atoms with Gasteiger partial charge in [0.1, 0.15) is 12.2 Å². The first kappa shape index (κ1) is 16.4. The molecule has 7 nitrogen and oxygen atoms in total. The minimum absolute atomic E-state index is 0.0419. The van der Waals surface area contributed by atoms with E-state index in [0.29, 0.717) is 37.1 Å². The highest BCUT2D eigenvalue weighted by atomic mass is 16.5. The van der Waals surface area contributed by atoms with E-state index in [4.69, 9.17) is 9.47 Å². The molecule has 1 saturated heterocycles. The summed E-state index contributed by atoms with van der Waals surface area (Å²) in [5, 5.41) is 7.02. The predicted molar refractivity (Wildman–Crippen MR) is 88.1 cm³/mol. The van der Waals surface area contributed by atoms with Crippen LogP contribution >= 0.6 is 0 Å². The minimum atomic E-state index is -0.0419. The van der Waals surface area contributed by atoms with Gasteiger partial charge in [0.2, 0.25) is 5.88 Å². The topological polar surface area (TPSA) is 80.3 Å². The molecule has 1 N–H and O–H groups in total. The van der Waals surface area contributed by atoms with Crippen LogP contribution in [0.4, 0.5) is 0 Å². The third kappa shape index (κ3) is 3.73. The number of hydrogen-bond donors (Lipinski definition) is 1. The first-order valence-corrected chi connectivity index (χ1v) is 8.15. The summed E-state index contributed by atoms with van der Waals surface area (Å²) in [5.74, 6) is 0.614. The monoisotopic (exact) mass is 330 g/mol. The normalized spacial score (nSPS) is 17.7. The molecule has 0 unspecified atom stereocenters. The fourth-order valence-electron chi connectivity index (χ4n) is 2.97. The van der Waals surface area contributed by atoms with Crippen molar-refractivity contribution in [3.63, 3.8) is 0 Å². The van der Waals surface area contributed by atoms with E-state index in [0.717, 1.165) is 25.1 Å². The fraction of sp³-hybridized carbons (Fsp3) is 0.471. The minimum Gasteiger partial charge on any atom is -0.475 e. The van der Waals surface area contributed by atoms with Gasteiger partial charge in [-0.1, -0.05) is 0 Å². The number of piperidine rings is 1. The van der Waals surface area contributed by atoms with Gasteiger partial charge in [-0.2, -0.15) is 5.10 Å². The molecule has 3 rings (SSSR count). The summed E-state index contributed by atoms with van der Waals surface area (Å²) < 4.78 is 10.6. The maximum Gasteiger partial charge on any atom is 0.259 e. The van der Waals surface area contributed by atoms with Crippen molar-refractivity contribution in [3.05, 3.63) is 41.9 Å². The molecule has 1 atom stereocenters. The Morgan fingerprint density at radius 3 is 3.08 bits per heavy atom. The van der Waals surface area contributed by atoms with Gasteiger partial charge in [-0.05, 0) is 31.0 Å². The molecule has 24 heavy (non-hydrogen) atoms. The molecule has 2 aromatic rings. The molecule has 2 aromatic heterocycles. The number of nitrogens with one attached hydrogen (secondary N) is 1. The van der Waals surface area contributed by atoms with Crippen molar-refractivity contribution in [2.75, 3.05) is 33.4 Å². The van der Waals surface area contributed by atoms with Crippen molar-refractivity contribution in [2.45, 2.75) is 18.8 Å². The summed E-state index contributed by atoms with van der Waals surface area (Å²) >= 11 is 0. The lowest BCUT2D eigenvalue weighted by Crippen LogP contribution is -2.39. The van der Waals surface area contributed by atoms with Gasteiger partial charge in [0, 0.05) is 44.2 Å². The predicted octanol–water partition coefficient (Wildman–Crippen LogP) is 1.85. The van der Waals surface area contributed by atoms with Crippen LogP contribution in [0.2, 0.25) is 0 Å². The second-order valence-electron chi connectivity index (χ2n) is 5.80. The number of methoxy groups -OCH3 is 1. The van der Waals surface area contributed by atoms with Crippen LogP contribution in [0.25, 0.3) is 0 Å². The zero-order valence-corrected chi connectivity index (χ0v) is 13.8. The smallest absolute Gasteiger partial charge is 0.259 e. The zero-order chi connectivity index (χ0) is 16.8. The van der Waals surface area contributed by atoms with E-state index in [9.17, 15) is 4.79 Å². The highest BCUT2D eigenvalue weighted by Crippen LogP contribution is 2.27. The largest absolute Gasteiger partial charge is 0.475 e. The molecule has 0 aliphatic carbocycles. The molecule has 0 saturated carbocycles. The van der Waals surface area contributed by atoms with E-state index in [-0.39, 0.29) is 5.91 Å².